The van der Waals surface area contributed by atoms with Gasteiger partial charge in [-0.3, -0.25) is 15.1 Å². The second-order valence-corrected chi connectivity index (χ2v) is 9.65. The van der Waals surface area contributed by atoms with Crippen LogP contribution in [0.5, 0.6) is 0 Å². The molecule has 5 aromatic heterocycles. The Labute approximate surface area is 192 Å². The standard InChI is InChI=1S/C25H26N8/c1-24(2,3)23-27-15-33(32-23)20-13-7-12-19(29-20)25(4,5)18-11-6-9-16(28-18)22-21-17(30-31-22)10-8-14-26-21/h6-15H,1-5H3,(H,30,31). The highest BCUT2D eigenvalue weighted by Gasteiger charge is 2.28. The lowest BCUT2D eigenvalue weighted by Gasteiger charge is -2.24. The number of hydrogen-bond donors (Lipinski definition) is 1. The van der Waals surface area contributed by atoms with Crippen LogP contribution in [0.1, 0.15) is 51.8 Å². The fraction of sp³-hybridized carbons (Fsp3) is 0.280. The van der Waals surface area contributed by atoms with Gasteiger partial charge in [-0.25, -0.2) is 14.6 Å². The van der Waals surface area contributed by atoms with Gasteiger partial charge in [0.15, 0.2) is 11.6 Å². The predicted molar refractivity (Wildman–Crippen MR) is 127 cm³/mol. The maximum atomic E-state index is 4.95. The average molecular weight is 439 g/mol. The van der Waals surface area contributed by atoms with E-state index in [0.29, 0.717) is 0 Å². The molecule has 0 amide bonds. The molecule has 0 aliphatic rings. The van der Waals surface area contributed by atoms with E-state index in [9.17, 15) is 0 Å². The number of pyridine rings is 3. The van der Waals surface area contributed by atoms with E-state index in [-0.39, 0.29) is 5.41 Å². The third-order valence-corrected chi connectivity index (χ3v) is 5.72. The highest BCUT2D eigenvalue weighted by molar-refractivity contribution is 5.88. The van der Waals surface area contributed by atoms with Gasteiger partial charge >= 0.3 is 0 Å². The van der Waals surface area contributed by atoms with Gasteiger partial charge in [-0.05, 0) is 50.2 Å². The van der Waals surface area contributed by atoms with E-state index >= 15 is 0 Å². The summed E-state index contributed by atoms with van der Waals surface area (Å²) in [4.78, 5) is 18.8. The van der Waals surface area contributed by atoms with Crippen molar-refractivity contribution in [2.75, 3.05) is 0 Å². The van der Waals surface area contributed by atoms with E-state index in [1.165, 1.54) is 0 Å². The monoisotopic (exact) mass is 438 g/mol. The van der Waals surface area contributed by atoms with Gasteiger partial charge < -0.3 is 0 Å². The summed E-state index contributed by atoms with van der Waals surface area (Å²) >= 11 is 0. The Kier molecular flexibility index (Phi) is 4.81. The highest BCUT2D eigenvalue weighted by atomic mass is 15.4. The smallest absolute Gasteiger partial charge is 0.156 e. The fourth-order valence-electron chi connectivity index (χ4n) is 3.69. The van der Waals surface area contributed by atoms with Crippen molar-refractivity contribution in [1.29, 1.82) is 0 Å². The summed E-state index contributed by atoms with van der Waals surface area (Å²) in [5.41, 5.74) is 4.41. The Balaban J connectivity index is 1.52. The number of rotatable bonds is 4. The second-order valence-electron chi connectivity index (χ2n) is 9.65. The van der Waals surface area contributed by atoms with Gasteiger partial charge in [0, 0.05) is 17.0 Å². The Morgan fingerprint density at radius 3 is 2.33 bits per heavy atom. The SMILES string of the molecule is CC(C)(C)c1ncn(-c2cccc(C(C)(C)c3cccc(-c4n[nH]c5cccnc45)n3)n2)n1. The first-order valence-corrected chi connectivity index (χ1v) is 10.9. The number of H-pyrrole nitrogens is 1. The van der Waals surface area contributed by atoms with Crippen molar-refractivity contribution in [2.45, 2.75) is 45.4 Å². The van der Waals surface area contributed by atoms with Gasteiger partial charge in [-0.15, -0.1) is 5.10 Å². The maximum absolute atomic E-state index is 4.95. The van der Waals surface area contributed by atoms with Crippen molar-refractivity contribution in [3.63, 3.8) is 0 Å². The largest absolute Gasteiger partial charge is 0.275 e. The Morgan fingerprint density at radius 2 is 1.58 bits per heavy atom. The summed E-state index contributed by atoms with van der Waals surface area (Å²) in [6, 6.07) is 15.8. The minimum absolute atomic E-state index is 0.127. The quantitative estimate of drug-likeness (QED) is 0.440. The summed E-state index contributed by atoms with van der Waals surface area (Å²) in [5.74, 6) is 1.50. The van der Waals surface area contributed by atoms with Crippen LogP contribution in [0.3, 0.4) is 0 Å². The number of nitrogens with one attached hydrogen (secondary N) is 1. The molecule has 0 bridgehead atoms. The lowest BCUT2D eigenvalue weighted by Crippen LogP contribution is -2.23. The molecule has 0 fully saturated rings. The van der Waals surface area contributed by atoms with Crippen LogP contribution in [-0.2, 0) is 10.8 Å². The summed E-state index contributed by atoms with van der Waals surface area (Å²) < 4.78 is 1.73. The molecule has 8 nitrogen and oxygen atoms in total. The minimum Gasteiger partial charge on any atom is -0.275 e. The second kappa shape index (κ2) is 7.58. The molecule has 0 saturated carbocycles. The first-order valence-electron chi connectivity index (χ1n) is 10.9. The van der Waals surface area contributed by atoms with Crippen LogP contribution < -0.4 is 0 Å². The molecule has 8 heteroatoms. The van der Waals surface area contributed by atoms with Crippen LogP contribution in [0.4, 0.5) is 0 Å². The third-order valence-electron chi connectivity index (χ3n) is 5.72. The van der Waals surface area contributed by atoms with Crippen LogP contribution in [0.15, 0.2) is 61.1 Å². The Morgan fingerprint density at radius 1 is 0.818 bits per heavy atom. The number of aromatic nitrogens is 8. The average Bonchev–Trinajstić information content (AvgIpc) is 3.47. The van der Waals surface area contributed by atoms with Crippen LogP contribution in [0.25, 0.3) is 28.2 Å². The molecule has 0 radical (unpaired) electrons. The number of aromatic amines is 1. The fourth-order valence-corrected chi connectivity index (χ4v) is 3.69. The molecule has 166 valence electrons. The van der Waals surface area contributed by atoms with E-state index < -0.39 is 5.41 Å². The zero-order chi connectivity index (χ0) is 23.2. The lowest BCUT2D eigenvalue weighted by atomic mass is 9.84. The first kappa shape index (κ1) is 20.9. The van der Waals surface area contributed by atoms with E-state index in [1.807, 2.05) is 48.5 Å². The molecule has 0 saturated heterocycles. The number of hydrogen-bond acceptors (Lipinski definition) is 6. The maximum Gasteiger partial charge on any atom is 0.156 e. The summed E-state index contributed by atoms with van der Waals surface area (Å²) in [5, 5.41) is 12.1. The van der Waals surface area contributed by atoms with Crippen LogP contribution >= 0.6 is 0 Å². The van der Waals surface area contributed by atoms with Crippen molar-refractivity contribution in [3.8, 4) is 17.2 Å². The Hall–Kier alpha value is -3.94. The molecule has 0 spiro atoms. The van der Waals surface area contributed by atoms with Gasteiger partial charge in [0.2, 0.25) is 0 Å². The van der Waals surface area contributed by atoms with Crippen molar-refractivity contribution in [1.82, 2.24) is 39.9 Å². The molecule has 33 heavy (non-hydrogen) atoms. The highest BCUT2D eigenvalue weighted by Crippen LogP contribution is 2.31. The van der Waals surface area contributed by atoms with Gasteiger partial charge in [0.25, 0.3) is 0 Å². The van der Waals surface area contributed by atoms with E-state index in [0.717, 1.165) is 45.5 Å². The van der Waals surface area contributed by atoms with Crippen molar-refractivity contribution in [2.24, 2.45) is 0 Å². The lowest BCUT2D eigenvalue weighted by molar-refractivity contribution is 0.542. The summed E-state index contributed by atoms with van der Waals surface area (Å²) in [7, 11) is 0. The topological polar surface area (TPSA) is 98.1 Å². The molecular formula is C25H26N8. The molecule has 0 unspecified atom stereocenters. The van der Waals surface area contributed by atoms with Crippen LogP contribution in [-0.4, -0.2) is 39.9 Å². The van der Waals surface area contributed by atoms with Crippen LogP contribution in [0, 0.1) is 0 Å². The van der Waals surface area contributed by atoms with Gasteiger partial charge in [-0.1, -0.05) is 32.9 Å². The molecule has 0 atom stereocenters. The van der Waals surface area contributed by atoms with Gasteiger partial charge in [-0.2, -0.15) is 5.10 Å². The molecule has 5 rings (SSSR count). The van der Waals surface area contributed by atoms with E-state index in [1.54, 1.807) is 17.2 Å². The molecular weight excluding hydrogens is 412 g/mol. The number of nitrogens with zero attached hydrogens (tertiary/aromatic N) is 7. The zero-order valence-electron chi connectivity index (χ0n) is 19.4. The van der Waals surface area contributed by atoms with E-state index in [4.69, 9.17) is 9.97 Å². The summed E-state index contributed by atoms with van der Waals surface area (Å²) in [6.07, 6.45) is 3.48. The van der Waals surface area contributed by atoms with Crippen molar-refractivity contribution < 1.29 is 0 Å². The molecule has 0 aromatic carbocycles. The van der Waals surface area contributed by atoms with Crippen LogP contribution in [0.2, 0.25) is 0 Å². The Bertz CT molecular complexity index is 1440. The van der Waals surface area contributed by atoms with Crippen molar-refractivity contribution in [3.05, 3.63) is 78.3 Å². The molecule has 1 N–H and O–H groups in total. The molecule has 5 aromatic rings. The normalized spacial score (nSPS) is 12.4. The summed E-state index contributed by atoms with van der Waals surface area (Å²) in [6.45, 7) is 10.5. The van der Waals surface area contributed by atoms with E-state index in [2.05, 4.69) is 59.9 Å². The molecule has 0 aliphatic heterocycles. The molecule has 5 heterocycles. The van der Waals surface area contributed by atoms with Crippen molar-refractivity contribution >= 4 is 11.0 Å². The zero-order valence-corrected chi connectivity index (χ0v) is 19.4. The van der Waals surface area contributed by atoms with Gasteiger partial charge in [0.1, 0.15) is 17.5 Å². The third kappa shape index (κ3) is 3.77. The minimum atomic E-state index is -0.445. The predicted octanol–water partition coefficient (Wildman–Crippen LogP) is 4.62. The first-order chi connectivity index (χ1) is 15.7. The number of fused-ring (bicyclic) bond motifs is 1. The molecule has 0 aliphatic carbocycles. The van der Waals surface area contributed by atoms with Gasteiger partial charge in [0.05, 0.1) is 22.6 Å².